The highest BCUT2D eigenvalue weighted by atomic mass is 35.5. The van der Waals surface area contributed by atoms with Gasteiger partial charge in [-0.1, -0.05) is 59.6 Å². The number of amides is 2. The van der Waals surface area contributed by atoms with Crippen molar-refractivity contribution in [3.8, 4) is 5.75 Å². The molecule has 4 rings (SSSR count). The van der Waals surface area contributed by atoms with Gasteiger partial charge < -0.3 is 4.74 Å². The molecule has 2 amide bonds. The summed E-state index contributed by atoms with van der Waals surface area (Å²) in [4.78, 5) is 26.9. The predicted octanol–water partition coefficient (Wildman–Crippen LogP) is 7.54. The first-order chi connectivity index (χ1) is 16.0. The molecule has 0 radical (unpaired) electrons. The lowest BCUT2D eigenvalue weighted by Crippen LogP contribution is -2.27. The molecule has 0 spiro atoms. The minimum Gasteiger partial charge on any atom is -0.489 e. The van der Waals surface area contributed by atoms with Crippen molar-refractivity contribution in [2.75, 3.05) is 4.90 Å². The number of hydrogen-bond acceptors (Lipinski definition) is 4. The molecule has 0 N–H and O–H groups in total. The third-order valence-electron chi connectivity index (χ3n) is 4.93. The first-order valence-electron chi connectivity index (χ1n) is 10.1. The summed E-state index contributed by atoms with van der Waals surface area (Å²) in [5, 5.41) is 0.656. The van der Waals surface area contributed by atoms with Crippen LogP contribution in [0.25, 0.3) is 6.08 Å². The van der Waals surface area contributed by atoms with Crippen molar-refractivity contribution in [1.29, 1.82) is 0 Å². The molecular weight excluding hydrogens is 477 g/mol. The lowest BCUT2D eigenvalue weighted by molar-refractivity contribution is -0.113. The summed E-state index contributed by atoms with van der Waals surface area (Å²) >= 11 is 13.0. The van der Waals surface area contributed by atoms with Crippen LogP contribution < -0.4 is 9.64 Å². The van der Waals surface area contributed by atoms with Crippen LogP contribution in [0.3, 0.4) is 0 Å². The van der Waals surface area contributed by atoms with E-state index in [4.69, 9.17) is 27.9 Å². The molecule has 0 aliphatic carbocycles. The largest absolute Gasteiger partial charge is 0.489 e. The van der Waals surface area contributed by atoms with E-state index in [0.29, 0.717) is 39.4 Å². The van der Waals surface area contributed by atoms with Gasteiger partial charge in [0.15, 0.2) is 0 Å². The van der Waals surface area contributed by atoms with Crippen molar-refractivity contribution in [3.63, 3.8) is 0 Å². The molecule has 0 bridgehead atoms. The molecule has 166 valence electrons. The van der Waals surface area contributed by atoms with Gasteiger partial charge in [-0.2, -0.15) is 0 Å². The standard InChI is InChI=1S/C26H19Cl2NO3S/c1-2-6-19-13-17(10-12-23(19)32-16-18-9-11-21(27)22(28)14-18)15-24-25(30)29(26(31)33-24)20-7-4-3-5-8-20/h2-5,7-15H,1,6,16H2/b24-15-. The average molecular weight is 496 g/mol. The molecule has 1 saturated heterocycles. The zero-order valence-corrected chi connectivity index (χ0v) is 19.8. The molecule has 3 aromatic carbocycles. The number of benzene rings is 3. The Balaban J connectivity index is 1.55. The number of hydrogen-bond donors (Lipinski definition) is 0. The Hall–Kier alpha value is -2.99. The second-order valence-electron chi connectivity index (χ2n) is 7.25. The van der Waals surface area contributed by atoms with Crippen LogP contribution in [0.5, 0.6) is 5.75 Å². The Labute approximate surface area is 206 Å². The molecular formula is C26H19Cl2NO3S. The average Bonchev–Trinajstić information content (AvgIpc) is 3.09. The normalized spacial score (nSPS) is 14.7. The van der Waals surface area contributed by atoms with Gasteiger partial charge in [0.1, 0.15) is 12.4 Å². The SMILES string of the molecule is C=CCc1cc(/C=C2\SC(=O)N(c3ccccc3)C2=O)ccc1OCc1ccc(Cl)c(Cl)c1. The fourth-order valence-electron chi connectivity index (χ4n) is 3.35. The monoisotopic (exact) mass is 495 g/mol. The van der Waals surface area contributed by atoms with Crippen LogP contribution in [0.15, 0.2) is 84.3 Å². The smallest absolute Gasteiger partial charge is 0.298 e. The number of carbonyl (C=O) groups is 2. The first-order valence-corrected chi connectivity index (χ1v) is 11.7. The van der Waals surface area contributed by atoms with E-state index in [2.05, 4.69) is 6.58 Å². The van der Waals surface area contributed by atoms with Gasteiger partial charge in [-0.15, -0.1) is 6.58 Å². The Morgan fingerprint density at radius 3 is 2.48 bits per heavy atom. The molecule has 0 saturated carbocycles. The molecule has 1 heterocycles. The van der Waals surface area contributed by atoms with Crippen molar-refractivity contribution in [3.05, 3.63) is 111 Å². The van der Waals surface area contributed by atoms with Crippen LogP contribution in [0.1, 0.15) is 16.7 Å². The molecule has 1 fully saturated rings. The van der Waals surface area contributed by atoms with E-state index in [9.17, 15) is 9.59 Å². The second kappa shape index (κ2) is 10.3. The van der Waals surface area contributed by atoms with Crippen molar-refractivity contribution >= 4 is 57.9 Å². The maximum atomic E-state index is 12.9. The van der Waals surface area contributed by atoms with E-state index in [1.54, 1.807) is 48.6 Å². The van der Waals surface area contributed by atoms with Crippen molar-refractivity contribution < 1.29 is 14.3 Å². The number of nitrogens with zero attached hydrogens (tertiary/aromatic N) is 1. The van der Waals surface area contributed by atoms with Gasteiger partial charge in [-0.05, 0) is 77.3 Å². The third kappa shape index (κ3) is 5.33. The summed E-state index contributed by atoms with van der Waals surface area (Å²) in [7, 11) is 0. The highest BCUT2D eigenvalue weighted by Crippen LogP contribution is 2.36. The number of thioether (sulfide) groups is 1. The molecule has 33 heavy (non-hydrogen) atoms. The number of rotatable bonds is 7. The van der Waals surface area contributed by atoms with E-state index < -0.39 is 0 Å². The van der Waals surface area contributed by atoms with Crippen LogP contribution in [-0.2, 0) is 17.8 Å². The van der Waals surface area contributed by atoms with Gasteiger partial charge in [-0.25, -0.2) is 4.90 Å². The molecule has 0 aromatic heterocycles. The highest BCUT2D eigenvalue weighted by Gasteiger charge is 2.36. The van der Waals surface area contributed by atoms with Crippen LogP contribution in [0.2, 0.25) is 10.0 Å². The van der Waals surface area contributed by atoms with E-state index in [-0.39, 0.29) is 11.1 Å². The van der Waals surface area contributed by atoms with Crippen molar-refractivity contribution in [2.24, 2.45) is 0 Å². The van der Waals surface area contributed by atoms with Gasteiger partial charge in [-0.3, -0.25) is 9.59 Å². The van der Waals surface area contributed by atoms with E-state index >= 15 is 0 Å². The fourth-order valence-corrected chi connectivity index (χ4v) is 4.52. The number of carbonyl (C=O) groups excluding carboxylic acids is 2. The maximum absolute atomic E-state index is 12.9. The van der Waals surface area contributed by atoms with Crippen molar-refractivity contribution in [2.45, 2.75) is 13.0 Å². The van der Waals surface area contributed by atoms with Gasteiger partial charge in [0.2, 0.25) is 0 Å². The fraction of sp³-hybridized carbons (Fsp3) is 0.0769. The van der Waals surface area contributed by atoms with Crippen molar-refractivity contribution in [1.82, 2.24) is 0 Å². The molecule has 0 unspecified atom stereocenters. The summed E-state index contributed by atoms with van der Waals surface area (Å²) in [6.45, 7) is 4.15. The van der Waals surface area contributed by atoms with E-state index in [0.717, 1.165) is 28.5 Å². The zero-order chi connectivity index (χ0) is 23.4. The third-order valence-corrected chi connectivity index (χ3v) is 6.54. The van der Waals surface area contributed by atoms with Crippen LogP contribution in [0, 0.1) is 0 Å². The quantitative estimate of drug-likeness (QED) is 0.250. The maximum Gasteiger partial charge on any atom is 0.298 e. The number of ether oxygens (including phenoxy) is 1. The van der Waals surface area contributed by atoms with Gasteiger partial charge in [0, 0.05) is 0 Å². The summed E-state index contributed by atoms with van der Waals surface area (Å²) in [5.74, 6) is 0.372. The Bertz CT molecular complexity index is 1260. The van der Waals surface area contributed by atoms with Gasteiger partial charge in [0.25, 0.3) is 11.1 Å². The van der Waals surface area contributed by atoms with E-state index in [1.807, 2.05) is 30.3 Å². The summed E-state index contributed by atoms with van der Waals surface area (Å²) in [5.41, 5.74) is 3.17. The topological polar surface area (TPSA) is 46.6 Å². The summed E-state index contributed by atoms with van der Waals surface area (Å²) in [6.07, 6.45) is 4.10. The minimum atomic E-state index is -0.332. The molecule has 4 nitrogen and oxygen atoms in total. The number of allylic oxidation sites excluding steroid dienone is 1. The van der Waals surface area contributed by atoms with Gasteiger partial charge in [0.05, 0.1) is 20.6 Å². The Morgan fingerprint density at radius 1 is 0.970 bits per heavy atom. The first kappa shape index (κ1) is 23.2. The second-order valence-corrected chi connectivity index (χ2v) is 9.06. The molecule has 3 aromatic rings. The number of anilines is 1. The lowest BCUT2D eigenvalue weighted by atomic mass is 10.1. The van der Waals surface area contributed by atoms with Crippen LogP contribution in [-0.4, -0.2) is 11.1 Å². The molecule has 1 aliphatic heterocycles. The predicted molar refractivity (Wildman–Crippen MR) is 136 cm³/mol. The zero-order valence-electron chi connectivity index (χ0n) is 17.5. The summed E-state index contributed by atoms with van der Waals surface area (Å²) in [6, 6.07) is 19.9. The Kier molecular flexibility index (Phi) is 7.23. The highest BCUT2D eigenvalue weighted by molar-refractivity contribution is 8.19. The number of para-hydroxylation sites is 1. The van der Waals surface area contributed by atoms with Gasteiger partial charge >= 0.3 is 0 Å². The Morgan fingerprint density at radius 2 is 1.76 bits per heavy atom. The number of imide groups is 1. The molecule has 0 atom stereocenters. The minimum absolute atomic E-state index is 0.314. The van der Waals surface area contributed by atoms with Crippen LogP contribution in [0.4, 0.5) is 10.5 Å². The van der Waals surface area contributed by atoms with E-state index in [1.165, 1.54) is 4.90 Å². The molecule has 1 aliphatic rings. The molecule has 7 heteroatoms. The van der Waals surface area contributed by atoms with Crippen LogP contribution >= 0.6 is 35.0 Å². The summed E-state index contributed by atoms with van der Waals surface area (Å²) < 4.78 is 6.00. The lowest BCUT2D eigenvalue weighted by Gasteiger charge is -2.13. The number of halogens is 2.